The van der Waals surface area contributed by atoms with Gasteiger partial charge in [0.2, 0.25) is 0 Å². The number of aromatic nitrogens is 4. The zero-order chi connectivity index (χ0) is 16.9. The van der Waals surface area contributed by atoms with Gasteiger partial charge >= 0.3 is 0 Å². The van der Waals surface area contributed by atoms with E-state index in [2.05, 4.69) is 15.1 Å². The van der Waals surface area contributed by atoms with Crippen molar-refractivity contribution < 1.29 is 4.79 Å². The van der Waals surface area contributed by atoms with Crippen LogP contribution in [0.3, 0.4) is 0 Å². The normalized spacial score (nSPS) is 11.9. The summed E-state index contributed by atoms with van der Waals surface area (Å²) in [6.07, 6.45) is 4.65. The first kappa shape index (κ1) is 16.1. The third kappa shape index (κ3) is 3.60. The van der Waals surface area contributed by atoms with Gasteiger partial charge in [-0.05, 0) is 43.3 Å². The molecule has 0 spiro atoms. The average molecular weight is 342 g/mol. The van der Waals surface area contributed by atoms with E-state index in [1.54, 1.807) is 30.2 Å². The molecule has 2 heterocycles. The highest BCUT2D eigenvalue weighted by Gasteiger charge is 2.24. The summed E-state index contributed by atoms with van der Waals surface area (Å²) >= 11 is 5.96. The SMILES string of the molecule is C[C@H](C(=O)N(Cc1ccccn1)c1ccc(Cl)cc1)n1cncn1. The van der Waals surface area contributed by atoms with Crippen LogP contribution in [0.1, 0.15) is 18.7 Å². The van der Waals surface area contributed by atoms with Crippen molar-refractivity contribution in [2.24, 2.45) is 0 Å². The predicted molar refractivity (Wildman–Crippen MR) is 91.6 cm³/mol. The minimum atomic E-state index is -0.480. The first-order valence-corrected chi connectivity index (χ1v) is 7.84. The number of halogens is 1. The number of amides is 1. The maximum atomic E-state index is 13.0. The van der Waals surface area contributed by atoms with E-state index in [0.717, 1.165) is 11.4 Å². The van der Waals surface area contributed by atoms with Gasteiger partial charge in [0.1, 0.15) is 18.7 Å². The molecule has 24 heavy (non-hydrogen) atoms. The van der Waals surface area contributed by atoms with Crippen molar-refractivity contribution in [3.8, 4) is 0 Å². The Morgan fingerprint density at radius 3 is 2.67 bits per heavy atom. The summed E-state index contributed by atoms with van der Waals surface area (Å²) in [6, 6.07) is 12.3. The summed E-state index contributed by atoms with van der Waals surface area (Å²) in [4.78, 5) is 22.9. The maximum Gasteiger partial charge on any atom is 0.251 e. The van der Waals surface area contributed by atoms with E-state index in [4.69, 9.17) is 11.6 Å². The summed E-state index contributed by atoms with van der Waals surface area (Å²) in [7, 11) is 0. The molecule has 0 radical (unpaired) electrons. The van der Waals surface area contributed by atoms with Crippen LogP contribution >= 0.6 is 11.6 Å². The Labute approximate surface area is 144 Å². The minimum absolute atomic E-state index is 0.103. The lowest BCUT2D eigenvalue weighted by Gasteiger charge is -2.25. The first-order chi connectivity index (χ1) is 11.6. The largest absolute Gasteiger partial charge is 0.305 e. The Kier molecular flexibility index (Phi) is 4.86. The lowest BCUT2D eigenvalue weighted by Crippen LogP contribution is -2.36. The molecule has 2 aromatic heterocycles. The van der Waals surface area contributed by atoms with E-state index in [1.165, 1.54) is 17.3 Å². The third-order valence-corrected chi connectivity index (χ3v) is 3.89. The van der Waals surface area contributed by atoms with Crippen molar-refractivity contribution in [2.75, 3.05) is 4.90 Å². The summed E-state index contributed by atoms with van der Waals surface area (Å²) in [5, 5.41) is 4.67. The van der Waals surface area contributed by atoms with Gasteiger partial charge in [-0.2, -0.15) is 5.10 Å². The number of rotatable bonds is 5. The standard InChI is InChI=1S/C17H16ClN5O/c1-13(23-12-19-11-21-23)17(24)22(10-15-4-2-3-9-20-15)16-7-5-14(18)6-8-16/h2-9,11-13H,10H2,1H3/t13-/m1/s1. The number of carbonyl (C=O) groups is 1. The van der Waals surface area contributed by atoms with Gasteiger partial charge in [-0.3, -0.25) is 9.78 Å². The molecule has 0 saturated carbocycles. The van der Waals surface area contributed by atoms with Gasteiger partial charge in [0.05, 0.1) is 12.2 Å². The molecule has 122 valence electrons. The second-order valence-electron chi connectivity index (χ2n) is 5.27. The molecule has 0 saturated heterocycles. The highest BCUT2D eigenvalue weighted by molar-refractivity contribution is 6.30. The van der Waals surface area contributed by atoms with Gasteiger partial charge in [0.15, 0.2) is 0 Å². The van der Waals surface area contributed by atoms with Crippen molar-refractivity contribution in [3.05, 3.63) is 72.0 Å². The molecule has 1 amide bonds. The second-order valence-corrected chi connectivity index (χ2v) is 5.71. The number of nitrogens with zero attached hydrogens (tertiary/aromatic N) is 5. The molecule has 6 nitrogen and oxygen atoms in total. The van der Waals surface area contributed by atoms with Crippen LogP contribution in [0.25, 0.3) is 0 Å². The average Bonchev–Trinajstić information content (AvgIpc) is 3.15. The number of benzene rings is 1. The van der Waals surface area contributed by atoms with E-state index in [-0.39, 0.29) is 5.91 Å². The zero-order valence-electron chi connectivity index (χ0n) is 13.1. The van der Waals surface area contributed by atoms with E-state index >= 15 is 0 Å². The third-order valence-electron chi connectivity index (χ3n) is 3.64. The first-order valence-electron chi connectivity index (χ1n) is 7.46. The fourth-order valence-corrected chi connectivity index (χ4v) is 2.45. The second kappa shape index (κ2) is 7.23. The van der Waals surface area contributed by atoms with Gasteiger partial charge in [0.25, 0.3) is 5.91 Å². The Bertz CT molecular complexity index is 790. The molecule has 0 bridgehead atoms. The Balaban J connectivity index is 1.91. The molecule has 0 fully saturated rings. The quantitative estimate of drug-likeness (QED) is 0.715. The summed E-state index contributed by atoms with van der Waals surface area (Å²) in [6.45, 7) is 2.15. The molecule has 1 atom stereocenters. The van der Waals surface area contributed by atoms with Crippen molar-refractivity contribution in [3.63, 3.8) is 0 Å². The predicted octanol–water partition coefficient (Wildman–Crippen LogP) is 3.12. The summed E-state index contributed by atoms with van der Waals surface area (Å²) < 4.78 is 1.53. The number of hydrogen-bond acceptors (Lipinski definition) is 4. The highest BCUT2D eigenvalue weighted by atomic mass is 35.5. The van der Waals surface area contributed by atoms with Gasteiger partial charge in [-0.1, -0.05) is 17.7 Å². The molecule has 0 unspecified atom stereocenters. The van der Waals surface area contributed by atoms with Crippen LogP contribution < -0.4 is 4.90 Å². The fourth-order valence-electron chi connectivity index (χ4n) is 2.33. The van der Waals surface area contributed by atoms with E-state index in [9.17, 15) is 4.79 Å². The molecule has 1 aromatic carbocycles. The molecular weight excluding hydrogens is 326 g/mol. The Hall–Kier alpha value is -2.73. The molecule has 7 heteroatoms. The van der Waals surface area contributed by atoms with Crippen LogP contribution in [0, 0.1) is 0 Å². The topological polar surface area (TPSA) is 63.9 Å². The van der Waals surface area contributed by atoms with Crippen molar-refractivity contribution in [1.82, 2.24) is 19.7 Å². The van der Waals surface area contributed by atoms with Gasteiger partial charge < -0.3 is 4.90 Å². The van der Waals surface area contributed by atoms with Crippen LogP contribution in [0.2, 0.25) is 5.02 Å². The van der Waals surface area contributed by atoms with Crippen molar-refractivity contribution >= 4 is 23.2 Å². The molecule has 0 aliphatic carbocycles. The molecule has 0 aliphatic rings. The van der Waals surface area contributed by atoms with Crippen LogP contribution in [0.15, 0.2) is 61.3 Å². The van der Waals surface area contributed by atoms with Gasteiger partial charge in [0, 0.05) is 16.9 Å². The van der Waals surface area contributed by atoms with Crippen LogP contribution in [0.5, 0.6) is 0 Å². The van der Waals surface area contributed by atoms with Crippen molar-refractivity contribution in [2.45, 2.75) is 19.5 Å². The maximum absolute atomic E-state index is 13.0. The minimum Gasteiger partial charge on any atom is -0.305 e. The number of pyridine rings is 1. The van der Waals surface area contributed by atoms with E-state index in [1.807, 2.05) is 30.3 Å². The molecule has 0 N–H and O–H groups in total. The highest BCUT2D eigenvalue weighted by Crippen LogP contribution is 2.23. The van der Waals surface area contributed by atoms with Crippen LogP contribution in [-0.2, 0) is 11.3 Å². The van der Waals surface area contributed by atoms with Crippen LogP contribution in [-0.4, -0.2) is 25.7 Å². The van der Waals surface area contributed by atoms with Crippen LogP contribution in [0.4, 0.5) is 5.69 Å². The molecule has 3 aromatic rings. The number of carbonyl (C=O) groups excluding carboxylic acids is 1. The monoisotopic (exact) mass is 341 g/mol. The van der Waals surface area contributed by atoms with Gasteiger partial charge in [-0.25, -0.2) is 9.67 Å². The number of hydrogen-bond donors (Lipinski definition) is 0. The molecule has 3 rings (SSSR count). The van der Waals surface area contributed by atoms with E-state index in [0.29, 0.717) is 11.6 Å². The van der Waals surface area contributed by atoms with E-state index < -0.39 is 6.04 Å². The zero-order valence-corrected chi connectivity index (χ0v) is 13.8. The smallest absolute Gasteiger partial charge is 0.251 e. The molecular formula is C17H16ClN5O. The Morgan fingerprint density at radius 2 is 2.04 bits per heavy atom. The summed E-state index contributed by atoms with van der Waals surface area (Å²) in [5.41, 5.74) is 1.55. The Morgan fingerprint density at radius 1 is 1.25 bits per heavy atom. The lowest BCUT2D eigenvalue weighted by molar-refractivity contribution is -0.121. The lowest BCUT2D eigenvalue weighted by atomic mass is 10.2. The molecule has 0 aliphatic heterocycles. The number of anilines is 1. The van der Waals surface area contributed by atoms with Gasteiger partial charge in [-0.15, -0.1) is 0 Å². The summed E-state index contributed by atoms with van der Waals surface area (Å²) in [5.74, 6) is -0.103. The van der Waals surface area contributed by atoms with Crippen molar-refractivity contribution in [1.29, 1.82) is 0 Å². The fraction of sp³-hybridized carbons (Fsp3) is 0.176.